The number of nitrogens with zero attached hydrogens (tertiary/aromatic N) is 5. The second-order valence-corrected chi connectivity index (χ2v) is 9.98. The molecule has 3 heterocycles. The van der Waals surface area contributed by atoms with Crippen LogP contribution in [0.4, 0.5) is 5.69 Å². The summed E-state index contributed by atoms with van der Waals surface area (Å²) in [5.74, 6) is 0.602. The molecular formula is C31H28ClN5O2. The van der Waals surface area contributed by atoms with Crippen molar-refractivity contribution in [2.24, 2.45) is 0 Å². The van der Waals surface area contributed by atoms with Crippen molar-refractivity contribution in [3.8, 4) is 28.1 Å². The molecule has 6 rings (SSSR count). The van der Waals surface area contributed by atoms with Gasteiger partial charge in [0.2, 0.25) is 0 Å². The van der Waals surface area contributed by atoms with Gasteiger partial charge in [-0.1, -0.05) is 60.1 Å². The van der Waals surface area contributed by atoms with E-state index in [-0.39, 0.29) is 5.91 Å². The molecule has 3 aromatic carbocycles. The Morgan fingerprint density at radius 3 is 2.38 bits per heavy atom. The SMILES string of the molecule is COc1ccccc1-c1cc(C(=O)N2CCN(c3cccc(Cl)c3)CC2)nc2c(-c3ccccc3)c(C)nn12. The molecule has 1 saturated heterocycles. The van der Waals surface area contributed by atoms with Gasteiger partial charge in [-0.15, -0.1) is 0 Å². The number of carbonyl (C=O) groups is 1. The highest BCUT2D eigenvalue weighted by atomic mass is 35.5. The van der Waals surface area contributed by atoms with Crippen LogP contribution in [0.3, 0.4) is 0 Å². The maximum atomic E-state index is 13.9. The normalized spacial score (nSPS) is 13.6. The lowest BCUT2D eigenvalue weighted by Gasteiger charge is -2.36. The fourth-order valence-electron chi connectivity index (χ4n) is 5.23. The van der Waals surface area contributed by atoms with Gasteiger partial charge in [-0.3, -0.25) is 4.79 Å². The number of benzene rings is 3. The van der Waals surface area contributed by atoms with Crippen LogP contribution in [0.1, 0.15) is 16.2 Å². The molecule has 1 aliphatic rings. The summed E-state index contributed by atoms with van der Waals surface area (Å²) in [6.07, 6.45) is 0. The molecule has 0 aliphatic carbocycles. The first-order valence-electron chi connectivity index (χ1n) is 12.9. The van der Waals surface area contributed by atoms with Gasteiger partial charge in [-0.25, -0.2) is 9.50 Å². The number of para-hydroxylation sites is 1. The van der Waals surface area contributed by atoms with E-state index in [9.17, 15) is 4.79 Å². The minimum absolute atomic E-state index is 0.0998. The van der Waals surface area contributed by atoms with E-state index in [4.69, 9.17) is 26.4 Å². The number of carbonyl (C=O) groups excluding carboxylic acids is 1. The van der Waals surface area contributed by atoms with E-state index in [0.717, 1.165) is 46.9 Å². The fourth-order valence-corrected chi connectivity index (χ4v) is 5.41. The van der Waals surface area contributed by atoms with Gasteiger partial charge in [-0.2, -0.15) is 5.10 Å². The predicted octanol–water partition coefficient (Wildman–Crippen LogP) is 6.00. The Kier molecular flexibility index (Phi) is 6.67. The average molecular weight is 538 g/mol. The van der Waals surface area contributed by atoms with Crippen molar-refractivity contribution in [2.75, 3.05) is 38.2 Å². The number of hydrogen-bond acceptors (Lipinski definition) is 5. The predicted molar refractivity (Wildman–Crippen MR) is 155 cm³/mol. The summed E-state index contributed by atoms with van der Waals surface area (Å²) in [6, 6.07) is 27.5. The number of hydrogen-bond donors (Lipinski definition) is 0. The van der Waals surface area contributed by atoms with Crippen molar-refractivity contribution in [1.29, 1.82) is 0 Å². The first kappa shape index (κ1) is 24.9. The summed E-state index contributed by atoms with van der Waals surface area (Å²) in [6.45, 7) is 4.58. The number of fused-ring (bicyclic) bond motifs is 1. The van der Waals surface area contributed by atoms with Crippen LogP contribution in [0, 0.1) is 6.92 Å². The Balaban J connectivity index is 1.42. The summed E-state index contributed by atoms with van der Waals surface area (Å²) < 4.78 is 7.50. The van der Waals surface area contributed by atoms with Gasteiger partial charge in [0.1, 0.15) is 11.4 Å². The molecule has 39 heavy (non-hydrogen) atoms. The van der Waals surface area contributed by atoms with Gasteiger partial charge < -0.3 is 14.5 Å². The van der Waals surface area contributed by atoms with E-state index < -0.39 is 0 Å². The van der Waals surface area contributed by atoms with Crippen LogP contribution >= 0.6 is 11.6 Å². The van der Waals surface area contributed by atoms with E-state index in [0.29, 0.717) is 35.2 Å². The van der Waals surface area contributed by atoms with Crippen LogP contribution in [-0.2, 0) is 0 Å². The third kappa shape index (κ3) is 4.70. The Morgan fingerprint density at radius 2 is 1.64 bits per heavy atom. The number of halogens is 1. The van der Waals surface area contributed by atoms with Gasteiger partial charge >= 0.3 is 0 Å². The van der Waals surface area contributed by atoms with E-state index in [2.05, 4.69) is 4.90 Å². The maximum absolute atomic E-state index is 13.9. The molecule has 1 fully saturated rings. The van der Waals surface area contributed by atoms with Gasteiger partial charge in [0, 0.05) is 48.0 Å². The van der Waals surface area contributed by atoms with E-state index >= 15 is 0 Å². The van der Waals surface area contributed by atoms with Crippen molar-refractivity contribution in [1.82, 2.24) is 19.5 Å². The molecule has 0 saturated carbocycles. The molecule has 0 spiro atoms. The Labute approximate surface area is 232 Å². The second-order valence-electron chi connectivity index (χ2n) is 9.55. The minimum Gasteiger partial charge on any atom is -0.496 e. The number of methoxy groups -OCH3 is 1. The lowest BCUT2D eigenvalue weighted by molar-refractivity contribution is 0.0741. The van der Waals surface area contributed by atoms with Crippen LogP contribution < -0.4 is 9.64 Å². The zero-order valence-corrected chi connectivity index (χ0v) is 22.6. The second kappa shape index (κ2) is 10.4. The number of aryl methyl sites for hydroxylation is 1. The van der Waals surface area contributed by atoms with Gasteiger partial charge in [-0.05, 0) is 48.9 Å². The van der Waals surface area contributed by atoms with E-state index in [1.807, 2.05) is 101 Å². The molecule has 1 amide bonds. The van der Waals surface area contributed by atoms with Crippen LogP contribution in [0.5, 0.6) is 5.75 Å². The first-order valence-corrected chi connectivity index (χ1v) is 13.3. The Morgan fingerprint density at radius 1 is 0.897 bits per heavy atom. The van der Waals surface area contributed by atoms with Crippen molar-refractivity contribution in [3.05, 3.63) is 101 Å². The molecule has 0 N–H and O–H groups in total. The fraction of sp³-hybridized carbons (Fsp3) is 0.194. The third-order valence-corrected chi connectivity index (χ3v) is 7.40. The number of amides is 1. The highest BCUT2D eigenvalue weighted by molar-refractivity contribution is 6.30. The van der Waals surface area contributed by atoms with Crippen molar-refractivity contribution in [2.45, 2.75) is 6.92 Å². The van der Waals surface area contributed by atoms with Gasteiger partial charge in [0.05, 0.1) is 18.5 Å². The number of aromatic nitrogens is 3. The molecular weight excluding hydrogens is 510 g/mol. The molecule has 0 unspecified atom stereocenters. The number of ether oxygens (including phenoxy) is 1. The third-order valence-electron chi connectivity index (χ3n) is 7.17. The Hall–Kier alpha value is -4.36. The molecule has 2 aromatic heterocycles. The molecule has 7 nitrogen and oxygen atoms in total. The zero-order valence-electron chi connectivity index (χ0n) is 21.8. The number of rotatable bonds is 5. The smallest absolute Gasteiger partial charge is 0.272 e. The van der Waals surface area contributed by atoms with Crippen LogP contribution in [0.25, 0.3) is 28.0 Å². The average Bonchev–Trinajstić information content (AvgIpc) is 3.32. The highest BCUT2D eigenvalue weighted by Gasteiger charge is 2.26. The van der Waals surface area contributed by atoms with Crippen molar-refractivity contribution < 1.29 is 9.53 Å². The summed E-state index contributed by atoms with van der Waals surface area (Å²) in [5.41, 5.74) is 6.44. The van der Waals surface area contributed by atoms with Crippen molar-refractivity contribution >= 4 is 28.8 Å². The van der Waals surface area contributed by atoms with Gasteiger partial charge in [0.15, 0.2) is 5.65 Å². The summed E-state index contributed by atoms with van der Waals surface area (Å²) in [7, 11) is 1.65. The highest BCUT2D eigenvalue weighted by Crippen LogP contribution is 2.34. The van der Waals surface area contributed by atoms with Crippen LogP contribution in [0.2, 0.25) is 5.02 Å². The van der Waals surface area contributed by atoms with Gasteiger partial charge in [0.25, 0.3) is 5.91 Å². The summed E-state index contributed by atoms with van der Waals surface area (Å²) in [5, 5.41) is 5.57. The monoisotopic (exact) mass is 537 g/mol. The lowest BCUT2D eigenvalue weighted by atomic mass is 10.1. The molecule has 196 valence electrons. The number of piperazine rings is 1. The summed E-state index contributed by atoms with van der Waals surface area (Å²) in [4.78, 5) is 22.9. The molecule has 0 atom stereocenters. The molecule has 5 aromatic rings. The standard InChI is InChI=1S/C31H28ClN5O2/c1-21-29(22-9-4-3-5-10-22)30-33-26(20-27(37(30)34-21)25-13-6-7-14-28(25)39-2)31(38)36-17-15-35(16-18-36)24-12-8-11-23(32)19-24/h3-14,19-20H,15-18H2,1-2H3. The maximum Gasteiger partial charge on any atom is 0.272 e. The first-order chi connectivity index (χ1) is 19.0. The lowest BCUT2D eigenvalue weighted by Crippen LogP contribution is -2.49. The van der Waals surface area contributed by atoms with Crippen molar-refractivity contribution in [3.63, 3.8) is 0 Å². The van der Waals surface area contributed by atoms with Crippen LogP contribution in [0.15, 0.2) is 84.9 Å². The van der Waals surface area contributed by atoms with E-state index in [1.165, 1.54) is 0 Å². The molecule has 0 bridgehead atoms. The summed E-state index contributed by atoms with van der Waals surface area (Å²) >= 11 is 6.20. The molecule has 8 heteroatoms. The minimum atomic E-state index is -0.0998. The molecule has 1 aliphatic heterocycles. The van der Waals surface area contributed by atoms with E-state index in [1.54, 1.807) is 7.11 Å². The number of anilines is 1. The Bertz CT molecular complexity index is 1660. The molecule has 0 radical (unpaired) electrons. The van der Waals surface area contributed by atoms with Crippen LogP contribution in [-0.4, -0.2) is 58.7 Å². The quantitative estimate of drug-likeness (QED) is 0.275. The largest absolute Gasteiger partial charge is 0.496 e. The zero-order chi connectivity index (χ0) is 26.9. The topological polar surface area (TPSA) is 63.0 Å².